The van der Waals surface area contributed by atoms with Crippen LogP contribution in [0.3, 0.4) is 0 Å². The molecule has 0 radical (unpaired) electrons. The first-order valence-electron chi connectivity index (χ1n) is 7.07. The Balaban J connectivity index is 2.01. The first kappa shape index (κ1) is 16.1. The molecule has 1 saturated heterocycles. The summed E-state index contributed by atoms with van der Waals surface area (Å²) >= 11 is 6.04. The molecule has 1 fully saturated rings. The third kappa shape index (κ3) is 4.33. The third-order valence-electron chi connectivity index (χ3n) is 3.57. The van der Waals surface area contributed by atoms with E-state index >= 15 is 0 Å². The van der Waals surface area contributed by atoms with Crippen LogP contribution in [0.15, 0.2) is 24.3 Å². The molecule has 6 heteroatoms. The average molecular weight is 312 g/mol. The van der Waals surface area contributed by atoms with Gasteiger partial charge in [-0.05, 0) is 39.1 Å². The number of anilines is 1. The van der Waals surface area contributed by atoms with Crippen molar-refractivity contribution in [1.82, 2.24) is 9.80 Å². The summed E-state index contributed by atoms with van der Waals surface area (Å²) in [6, 6.07) is 6.90. The quantitative estimate of drug-likeness (QED) is 0.900. The number of amides is 2. The number of carbonyl (C=O) groups is 1. The molecule has 2 amide bonds. The summed E-state index contributed by atoms with van der Waals surface area (Å²) in [6.45, 7) is 1.52. The highest BCUT2D eigenvalue weighted by Gasteiger charge is 2.35. The highest BCUT2D eigenvalue weighted by Crippen LogP contribution is 2.24. The van der Waals surface area contributed by atoms with E-state index in [0.717, 1.165) is 6.42 Å². The number of carbonyl (C=O) groups excluding carboxylic acids is 1. The summed E-state index contributed by atoms with van der Waals surface area (Å²) in [5.74, 6) is 0. The zero-order valence-electron chi connectivity index (χ0n) is 12.5. The number of likely N-dealkylation sites (N-methyl/N-ethyl adjacent to an activating group) is 1. The maximum atomic E-state index is 12.3. The van der Waals surface area contributed by atoms with Gasteiger partial charge >= 0.3 is 6.03 Å². The molecule has 0 saturated carbocycles. The van der Waals surface area contributed by atoms with Gasteiger partial charge in [0.1, 0.15) is 0 Å². The van der Waals surface area contributed by atoms with Gasteiger partial charge in [-0.25, -0.2) is 4.79 Å². The van der Waals surface area contributed by atoms with Gasteiger partial charge in [0.05, 0.1) is 22.9 Å². The number of urea groups is 1. The minimum absolute atomic E-state index is 0.222. The van der Waals surface area contributed by atoms with Crippen LogP contribution >= 0.6 is 11.6 Å². The van der Waals surface area contributed by atoms with Gasteiger partial charge < -0.3 is 20.2 Å². The Labute approximate surface area is 130 Å². The molecular formula is C15H22ClN3O2. The molecule has 0 aromatic heterocycles. The van der Waals surface area contributed by atoms with Gasteiger partial charge in [-0.15, -0.1) is 0 Å². The van der Waals surface area contributed by atoms with Gasteiger partial charge in [-0.2, -0.15) is 0 Å². The van der Waals surface area contributed by atoms with Gasteiger partial charge in [0.2, 0.25) is 0 Å². The molecular weight excluding hydrogens is 290 g/mol. The second kappa shape index (κ2) is 6.64. The Morgan fingerprint density at radius 3 is 2.86 bits per heavy atom. The van der Waals surface area contributed by atoms with Gasteiger partial charge in [0.15, 0.2) is 0 Å². The van der Waals surface area contributed by atoms with Crippen molar-refractivity contribution >= 4 is 23.3 Å². The number of rotatable bonds is 3. The van der Waals surface area contributed by atoms with E-state index in [0.29, 0.717) is 36.8 Å². The number of para-hydroxylation sites is 1. The highest BCUT2D eigenvalue weighted by atomic mass is 35.5. The monoisotopic (exact) mass is 311 g/mol. The summed E-state index contributed by atoms with van der Waals surface area (Å²) in [5.41, 5.74) is -0.259. The van der Waals surface area contributed by atoms with E-state index in [9.17, 15) is 9.90 Å². The van der Waals surface area contributed by atoms with Gasteiger partial charge in [0.25, 0.3) is 0 Å². The van der Waals surface area contributed by atoms with E-state index in [2.05, 4.69) is 5.32 Å². The number of benzene rings is 1. The lowest BCUT2D eigenvalue weighted by Crippen LogP contribution is -2.55. The maximum Gasteiger partial charge on any atom is 0.321 e. The number of aliphatic hydroxyl groups is 1. The smallest absolute Gasteiger partial charge is 0.321 e. The summed E-state index contributed by atoms with van der Waals surface area (Å²) in [6.07, 6.45) is 1.50. The lowest BCUT2D eigenvalue weighted by Gasteiger charge is -2.40. The fraction of sp³-hybridized carbons (Fsp3) is 0.533. The van der Waals surface area contributed by atoms with Gasteiger partial charge in [0, 0.05) is 13.1 Å². The van der Waals surface area contributed by atoms with Crippen molar-refractivity contribution in [2.24, 2.45) is 0 Å². The zero-order valence-corrected chi connectivity index (χ0v) is 13.2. The predicted octanol–water partition coefficient (Wildman–Crippen LogP) is 2.26. The van der Waals surface area contributed by atoms with Gasteiger partial charge in [-0.3, -0.25) is 0 Å². The number of halogens is 1. The van der Waals surface area contributed by atoms with Crippen LogP contribution in [0.2, 0.25) is 5.02 Å². The number of piperidine rings is 1. The molecule has 0 bridgehead atoms. The van der Waals surface area contributed by atoms with Crippen LogP contribution < -0.4 is 5.32 Å². The number of hydrogen-bond acceptors (Lipinski definition) is 3. The molecule has 1 heterocycles. The van der Waals surface area contributed by atoms with Crippen LogP contribution in [0.5, 0.6) is 0 Å². The van der Waals surface area contributed by atoms with Crippen LogP contribution in [0.1, 0.15) is 12.8 Å². The fourth-order valence-electron chi connectivity index (χ4n) is 2.76. The summed E-state index contributed by atoms with van der Waals surface area (Å²) in [5, 5.41) is 13.9. The van der Waals surface area contributed by atoms with Crippen molar-refractivity contribution in [3.8, 4) is 0 Å². The molecule has 1 aromatic rings. The first-order chi connectivity index (χ1) is 9.89. The van der Waals surface area contributed by atoms with E-state index < -0.39 is 5.60 Å². The Kier molecular flexibility index (Phi) is 5.08. The Morgan fingerprint density at radius 1 is 1.48 bits per heavy atom. The second-order valence-electron chi connectivity index (χ2n) is 5.90. The van der Waals surface area contributed by atoms with Crippen molar-refractivity contribution in [3.63, 3.8) is 0 Å². The minimum atomic E-state index is -0.848. The topological polar surface area (TPSA) is 55.8 Å². The number of nitrogens with zero attached hydrogens (tertiary/aromatic N) is 2. The molecule has 1 aliphatic heterocycles. The van der Waals surface area contributed by atoms with Crippen LogP contribution in [0.25, 0.3) is 0 Å². The SMILES string of the molecule is CN(C)C[C@]1(O)CCCN(C(=O)Nc2ccccc2Cl)C1. The third-order valence-corrected chi connectivity index (χ3v) is 3.90. The first-order valence-corrected chi connectivity index (χ1v) is 7.45. The Bertz CT molecular complexity index is 509. The molecule has 2 N–H and O–H groups in total. The zero-order chi connectivity index (χ0) is 15.5. The molecule has 116 valence electrons. The number of likely N-dealkylation sites (tertiary alicyclic amines) is 1. The van der Waals surface area contributed by atoms with E-state index in [-0.39, 0.29) is 6.03 Å². The van der Waals surface area contributed by atoms with E-state index in [1.54, 1.807) is 17.0 Å². The van der Waals surface area contributed by atoms with Crippen molar-refractivity contribution < 1.29 is 9.90 Å². The molecule has 21 heavy (non-hydrogen) atoms. The summed E-state index contributed by atoms with van der Waals surface area (Å²) < 4.78 is 0. The number of nitrogens with one attached hydrogen (secondary N) is 1. The van der Waals surface area contributed by atoms with E-state index in [4.69, 9.17) is 11.6 Å². The molecule has 1 aliphatic rings. The average Bonchev–Trinajstić information content (AvgIpc) is 2.40. The molecule has 1 atom stereocenters. The van der Waals surface area contributed by atoms with Crippen molar-refractivity contribution in [2.45, 2.75) is 18.4 Å². The van der Waals surface area contributed by atoms with Crippen LogP contribution in [-0.2, 0) is 0 Å². The molecule has 0 spiro atoms. The normalized spacial score (nSPS) is 22.4. The minimum Gasteiger partial charge on any atom is -0.387 e. The molecule has 0 aliphatic carbocycles. The van der Waals surface area contributed by atoms with Crippen molar-refractivity contribution in [1.29, 1.82) is 0 Å². The molecule has 5 nitrogen and oxygen atoms in total. The largest absolute Gasteiger partial charge is 0.387 e. The highest BCUT2D eigenvalue weighted by molar-refractivity contribution is 6.33. The standard InChI is InChI=1S/C15H22ClN3O2/c1-18(2)10-15(21)8-5-9-19(11-15)14(20)17-13-7-4-3-6-12(13)16/h3-4,6-7,21H,5,8-11H2,1-2H3,(H,17,20)/t15-/m1/s1. The fourth-order valence-corrected chi connectivity index (χ4v) is 2.94. The van der Waals surface area contributed by atoms with Crippen LogP contribution in [0.4, 0.5) is 10.5 Å². The van der Waals surface area contributed by atoms with Crippen LogP contribution in [-0.4, -0.2) is 60.3 Å². The number of β-amino-alcohol motifs (C(OH)–C–C–N with tert-alkyl or cyclic N) is 1. The lowest BCUT2D eigenvalue weighted by molar-refractivity contribution is -0.0333. The summed E-state index contributed by atoms with van der Waals surface area (Å²) in [4.78, 5) is 15.9. The van der Waals surface area contributed by atoms with E-state index in [1.165, 1.54) is 0 Å². The molecule has 2 rings (SSSR count). The maximum absolute atomic E-state index is 12.3. The van der Waals surface area contributed by atoms with E-state index in [1.807, 2.05) is 31.1 Å². The Hall–Kier alpha value is -1.30. The summed E-state index contributed by atoms with van der Waals surface area (Å²) in [7, 11) is 3.83. The van der Waals surface area contributed by atoms with Crippen LogP contribution in [0, 0.1) is 0 Å². The predicted molar refractivity (Wildman–Crippen MR) is 84.8 cm³/mol. The Morgan fingerprint density at radius 2 is 2.19 bits per heavy atom. The molecule has 1 aromatic carbocycles. The molecule has 0 unspecified atom stereocenters. The van der Waals surface area contributed by atoms with Crippen molar-refractivity contribution in [3.05, 3.63) is 29.3 Å². The van der Waals surface area contributed by atoms with Gasteiger partial charge in [-0.1, -0.05) is 23.7 Å². The van der Waals surface area contributed by atoms with Crippen molar-refractivity contribution in [2.75, 3.05) is 39.0 Å². The lowest BCUT2D eigenvalue weighted by atomic mass is 9.92. The second-order valence-corrected chi connectivity index (χ2v) is 6.30. The number of hydrogen-bond donors (Lipinski definition) is 2.